The smallest absolute Gasteiger partial charge is 0.0936 e. The summed E-state index contributed by atoms with van der Waals surface area (Å²) in [6.45, 7) is 2.19. The Kier molecular flexibility index (Phi) is 4.90. The van der Waals surface area contributed by atoms with Gasteiger partial charge in [-0.2, -0.15) is 0 Å². The van der Waals surface area contributed by atoms with E-state index < -0.39 is 0 Å². The molecule has 0 bridgehead atoms. The average Bonchev–Trinajstić information content (AvgIpc) is 2.67. The van der Waals surface area contributed by atoms with Crippen molar-refractivity contribution in [2.45, 2.75) is 70.0 Å². The highest BCUT2D eigenvalue weighted by molar-refractivity contribution is 4.92. The molecule has 0 aromatic carbocycles. The fraction of sp³-hybridized carbons (Fsp3) is 1.00. The van der Waals surface area contributed by atoms with E-state index in [1.165, 1.54) is 25.7 Å². The van der Waals surface area contributed by atoms with E-state index in [1.54, 1.807) is 7.11 Å². The van der Waals surface area contributed by atoms with E-state index >= 15 is 0 Å². The Morgan fingerprint density at radius 1 is 1.29 bits per heavy atom. The monoisotopic (exact) mass is 200 g/mol. The minimum absolute atomic E-state index is 0.201. The molecule has 1 unspecified atom stereocenters. The number of aliphatic hydroxyl groups is 1. The number of ether oxygens (including phenoxy) is 1. The van der Waals surface area contributed by atoms with Crippen LogP contribution in [0, 0.1) is 0 Å². The van der Waals surface area contributed by atoms with Gasteiger partial charge in [0.25, 0.3) is 0 Å². The highest BCUT2D eigenvalue weighted by Crippen LogP contribution is 2.37. The molecule has 1 aliphatic rings. The first-order valence-electron chi connectivity index (χ1n) is 5.98. The number of hydrogen-bond acceptors (Lipinski definition) is 2. The van der Waals surface area contributed by atoms with Crippen LogP contribution in [-0.2, 0) is 4.74 Å². The third kappa shape index (κ3) is 2.71. The number of aliphatic hydroxyl groups excluding tert-OH is 1. The Labute approximate surface area is 87.7 Å². The third-order valence-electron chi connectivity index (χ3n) is 3.54. The van der Waals surface area contributed by atoms with Gasteiger partial charge in [-0.3, -0.25) is 0 Å². The summed E-state index contributed by atoms with van der Waals surface area (Å²) >= 11 is 0. The molecular weight excluding hydrogens is 176 g/mol. The molecule has 2 nitrogen and oxygen atoms in total. The lowest BCUT2D eigenvalue weighted by Crippen LogP contribution is -2.41. The second-order valence-corrected chi connectivity index (χ2v) is 4.49. The first kappa shape index (κ1) is 12.0. The molecule has 1 N–H and O–H groups in total. The van der Waals surface area contributed by atoms with Gasteiger partial charge >= 0.3 is 0 Å². The van der Waals surface area contributed by atoms with Crippen LogP contribution in [0.15, 0.2) is 0 Å². The second kappa shape index (κ2) is 5.72. The maximum absolute atomic E-state index is 10.1. The summed E-state index contributed by atoms with van der Waals surface area (Å²) in [5, 5.41) is 10.1. The highest BCUT2D eigenvalue weighted by atomic mass is 16.5. The van der Waals surface area contributed by atoms with Gasteiger partial charge in [0.05, 0.1) is 11.7 Å². The van der Waals surface area contributed by atoms with Crippen LogP contribution in [0.2, 0.25) is 0 Å². The Bertz CT molecular complexity index is 150. The van der Waals surface area contributed by atoms with Crippen LogP contribution in [0.5, 0.6) is 0 Å². The van der Waals surface area contributed by atoms with E-state index in [0.717, 1.165) is 25.7 Å². The number of unbranched alkanes of at least 4 members (excludes halogenated alkanes) is 2. The first-order chi connectivity index (χ1) is 6.75. The quantitative estimate of drug-likeness (QED) is 0.668. The van der Waals surface area contributed by atoms with E-state index in [1.807, 2.05) is 0 Å². The van der Waals surface area contributed by atoms with Crippen LogP contribution in [0.3, 0.4) is 0 Å². The molecule has 2 heteroatoms. The third-order valence-corrected chi connectivity index (χ3v) is 3.54. The van der Waals surface area contributed by atoms with Crippen LogP contribution in [0.1, 0.15) is 58.3 Å². The van der Waals surface area contributed by atoms with Gasteiger partial charge in [-0.25, -0.2) is 0 Å². The van der Waals surface area contributed by atoms with Crippen LogP contribution in [-0.4, -0.2) is 23.9 Å². The van der Waals surface area contributed by atoms with Crippen molar-refractivity contribution in [3.8, 4) is 0 Å². The Hall–Kier alpha value is -0.0800. The summed E-state index contributed by atoms with van der Waals surface area (Å²) in [5.74, 6) is 0. The normalized spacial score (nSPS) is 22.5. The molecule has 1 aliphatic carbocycles. The van der Waals surface area contributed by atoms with Gasteiger partial charge in [-0.05, 0) is 19.3 Å². The first-order valence-corrected chi connectivity index (χ1v) is 5.98. The molecule has 84 valence electrons. The van der Waals surface area contributed by atoms with Crippen LogP contribution >= 0.6 is 0 Å². The zero-order valence-electron chi connectivity index (χ0n) is 9.59. The summed E-state index contributed by atoms with van der Waals surface area (Å²) in [5.41, 5.74) is -0.201. The van der Waals surface area contributed by atoms with Gasteiger partial charge in [0.15, 0.2) is 0 Å². The number of methoxy groups -OCH3 is 1. The topological polar surface area (TPSA) is 29.5 Å². The molecular formula is C12H24O2. The minimum atomic E-state index is -0.249. The zero-order chi connectivity index (χ0) is 10.4. The SMILES string of the molecule is CCCCCC(O)C1(OC)CCCC1. The van der Waals surface area contributed by atoms with Crippen LogP contribution in [0.25, 0.3) is 0 Å². The largest absolute Gasteiger partial charge is 0.390 e. The van der Waals surface area contributed by atoms with Crippen molar-refractivity contribution < 1.29 is 9.84 Å². The van der Waals surface area contributed by atoms with E-state index in [0.29, 0.717) is 0 Å². The second-order valence-electron chi connectivity index (χ2n) is 4.49. The lowest BCUT2D eigenvalue weighted by molar-refractivity contribution is -0.101. The van der Waals surface area contributed by atoms with Crippen molar-refractivity contribution in [3.05, 3.63) is 0 Å². The molecule has 0 aromatic heterocycles. The van der Waals surface area contributed by atoms with Crippen molar-refractivity contribution >= 4 is 0 Å². The lowest BCUT2D eigenvalue weighted by atomic mass is 9.90. The molecule has 0 aromatic rings. The summed E-state index contributed by atoms with van der Waals surface area (Å²) in [4.78, 5) is 0. The molecule has 0 aliphatic heterocycles. The molecule has 0 radical (unpaired) electrons. The predicted molar refractivity (Wildman–Crippen MR) is 58.4 cm³/mol. The van der Waals surface area contributed by atoms with Gasteiger partial charge in [-0.1, -0.05) is 39.0 Å². The van der Waals surface area contributed by atoms with E-state index in [9.17, 15) is 5.11 Å². The fourth-order valence-corrected chi connectivity index (χ4v) is 2.50. The summed E-state index contributed by atoms with van der Waals surface area (Å²) in [6.07, 6.45) is 8.71. The number of rotatable bonds is 6. The molecule has 1 fully saturated rings. The van der Waals surface area contributed by atoms with Gasteiger partial charge in [0, 0.05) is 7.11 Å². The fourth-order valence-electron chi connectivity index (χ4n) is 2.50. The van der Waals surface area contributed by atoms with E-state index in [2.05, 4.69) is 6.92 Å². The van der Waals surface area contributed by atoms with E-state index in [-0.39, 0.29) is 11.7 Å². The Morgan fingerprint density at radius 3 is 2.43 bits per heavy atom. The minimum Gasteiger partial charge on any atom is -0.390 e. The van der Waals surface area contributed by atoms with Crippen molar-refractivity contribution in [1.29, 1.82) is 0 Å². The van der Waals surface area contributed by atoms with Gasteiger partial charge in [0.2, 0.25) is 0 Å². The van der Waals surface area contributed by atoms with Gasteiger partial charge in [0.1, 0.15) is 0 Å². The molecule has 0 spiro atoms. The predicted octanol–water partition coefficient (Wildman–Crippen LogP) is 2.89. The molecule has 0 amide bonds. The molecule has 1 atom stereocenters. The summed E-state index contributed by atoms with van der Waals surface area (Å²) < 4.78 is 5.54. The Morgan fingerprint density at radius 2 is 1.93 bits per heavy atom. The average molecular weight is 200 g/mol. The lowest BCUT2D eigenvalue weighted by Gasteiger charge is -2.32. The standard InChI is InChI=1S/C12H24O2/c1-3-4-5-8-11(13)12(14-2)9-6-7-10-12/h11,13H,3-10H2,1-2H3. The maximum atomic E-state index is 10.1. The maximum Gasteiger partial charge on any atom is 0.0936 e. The highest BCUT2D eigenvalue weighted by Gasteiger charge is 2.40. The number of hydrogen-bond donors (Lipinski definition) is 1. The van der Waals surface area contributed by atoms with Gasteiger partial charge < -0.3 is 9.84 Å². The Balaban J connectivity index is 2.35. The van der Waals surface area contributed by atoms with Crippen LogP contribution < -0.4 is 0 Å². The van der Waals surface area contributed by atoms with Crippen LogP contribution in [0.4, 0.5) is 0 Å². The van der Waals surface area contributed by atoms with Crippen molar-refractivity contribution in [2.75, 3.05) is 7.11 Å². The summed E-state index contributed by atoms with van der Waals surface area (Å²) in [6, 6.07) is 0. The van der Waals surface area contributed by atoms with Crippen molar-refractivity contribution in [3.63, 3.8) is 0 Å². The summed E-state index contributed by atoms with van der Waals surface area (Å²) in [7, 11) is 1.74. The van der Waals surface area contributed by atoms with Crippen molar-refractivity contribution in [2.24, 2.45) is 0 Å². The molecule has 0 saturated heterocycles. The van der Waals surface area contributed by atoms with Crippen molar-refractivity contribution in [1.82, 2.24) is 0 Å². The van der Waals surface area contributed by atoms with E-state index in [4.69, 9.17) is 4.74 Å². The molecule has 1 saturated carbocycles. The zero-order valence-corrected chi connectivity index (χ0v) is 9.59. The molecule has 14 heavy (non-hydrogen) atoms. The molecule has 1 rings (SSSR count). The molecule has 0 heterocycles. The van der Waals surface area contributed by atoms with Gasteiger partial charge in [-0.15, -0.1) is 0 Å².